The van der Waals surface area contributed by atoms with Gasteiger partial charge in [-0.1, -0.05) is 51.1 Å². The zero-order valence-electron chi connectivity index (χ0n) is 21.6. The van der Waals surface area contributed by atoms with Crippen LogP contribution in [0, 0.1) is 17.2 Å². The van der Waals surface area contributed by atoms with Gasteiger partial charge in [-0.25, -0.2) is 8.42 Å². The maximum atomic E-state index is 13.0. The van der Waals surface area contributed by atoms with Gasteiger partial charge in [-0.05, 0) is 70.5 Å². The number of carbonyl (C=O) groups excluding carboxylic acids is 1. The molecular weight excluding hydrogens is 482 g/mol. The van der Waals surface area contributed by atoms with Crippen molar-refractivity contribution in [2.45, 2.75) is 51.2 Å². The topological polar surface area (TPSA) is 90.3 Å². The highest BCUT2D eigenvalue weighted by Gasteiger charge is 2.28. The van der Waals surface area contributed by atoms with E-state index in [-0.39, 0.29) is 11.7 Å². The molecule has 7 heteroatoms. The molecule has 6 nitrogen and oxygen atoms in total. The molecule has 0 aromatic heterocycles. The van der Waals surface area contributed by atoms with Crippen LogP contribution >= 0.6 is 0 Å². The van der Waals surface area contributed by atoms with Gasteiger partial charge in [0.15, 0.2) is 9.84 Å². The molecule has 0 saturated carbocycles. The van der Waals surface area contributed by atoms with Crippen molar-refractivity contribution in [2.24, 2.45) is 5.92 Å². The minimum Gasteiger partial charge on any atom is -0.348 e. The van der Waals surface area contributed by atoms with Crippen molar-refractivity contribution >= 4 is 15.7 Å². The largest absolute Gasteiger partial charge is 0.348 e. The molecule has 192 valence electrons. The van der Waals surface area contributed by atoms with Crippen LogP contribution < -0.4 is 5.32 Å². The Labute approximate surface area is 219 Å². The molecule has 0 bridgehead atoms. The standard InChI is InChI=1S/C30H33N3O3S/c1-4-37(35,36)27-12-9-23(10-13-27)17-32-30(34)25-11-14-28-26(15-25)19-33(20-29(28)21(2)3)18-24-7-5-22(16-31)6-8-24/h5-15,21,29H,4,17-20H2,1-3H3,(H,32,34). The van der Waals surface area contributed by atoms with Crippen molar-refractivity contribution in [3.05, 3.63) is 100 Å². The first-order valence-electron chi connectivity index (χ1n) is 12.6. The SMILES string of the molecule is CCS(=O)(=O)c1ccc(CNC(=O)c2ccc3c(c2)CN(Cc2ccc(C#N)cc2)CC3C(C)C)cc1. The number of rotatable bonds is 8. The minimum absolute atomic E-state index is 0.0595. The van der Waals surface area contributed by atoms with Gasteiger partial charge in [0.1, 0.15) is 0 Å². The lowest BCUT2D eigenvalue weighted by atomic mass is 9.81. The highest BCUT2D eigenvalue weighted by Crippen LogP contribution is 2.34. The summed E-state index contributed by atoms with van der Waals surface area (Å²) in [7, 11) is -3.24. The van der Waals surface area contributed by atoms with Gasteiger partial charge in [-0.3, -0.25) is 9.69 Å². The average molecular weight is 516 g/mol. The van der Waals surface area contributed by atoms with Gasteiger partial charge in [-0.15, -0.1) is 0 Å². The predicted molar refractivity (Wildman–Crippen MR) is 145 cm³/mol. The van der Waals surface area contributed by atoms with Crippen molar-refractivity contribution in [1.82, 2.24) is 10.2 Å². The Kier molecular flexibility index (Phi) is 8.11. The molecule has 1 aliphatic rings. The van der Waals surface area contributed by atoms with E-state index in [1.807, 2.05) is 36.4 Å². The maximum Gasteiger partial charge on any atom is 0.251 e. The Morgan fingerprint density at radius 3 is 2.35 bits per heavy atom. The van der Waals surface area contributed by atoms with Crippen molar-refractivity contribution < 1.29 is 13.2 Å². The minimum atomic E-state index is -3.24. The van der Waals surface area contributed by atoms with Crippen LogP contribution in [-0.2, 0) is 29.5 Å². The molecule has 1 atom stereocenters. The van der Waals surface area contributed by atoms with Gasteiger partial charge in [0, 0.05) is 31.7 Å². The molecule has 0 spiro atoms. The normalized spacial score (nSPS) is 15.7. The molecule has 0 saturated heterocycles. The molecule has 4 rings (SSSR count). The van der Waals surface area contributed by atoms with Gasteiger partial charge < -0.3 is 5.32 Å². The summed E-state index contributed by atoms with van der Waals surface area (Å²) in [5, 5.41) is 12.0. The van der Waals surface area contributed by atoms with Crippen molar-refractivity contribution in [3.8, 4) is 6.07 Å². The first kappa shape index (κ1) is 26.6. The number of hydrogen-bond donors (Lipinski definition) is 1. The monoisotopic (exact) mass is 515 g/mol. The van der Waals surface area contributed by atoms with Crippen LogP contribution in [0.1, 0.15) is 64.9 Å². The van der Waals surface area contributed by atoms with E-state index in [9.17, 15) is 13.2 Å². The lowest BCUT2D eigenvalue weighted by molar-refractivity contribution is 0.0950. The Morgan fingerprint density at radius 2 is 1.73 bits per heavy atom. The fourth-order valence-corrected chi connectivity index (χ4v) is 5.71. The number of nitrogens with one attached hydrogen (secondary N) is 1. The van der Waals surface area contributed by atoms with E-state index >= 15 is 0 Å². The van der Waals surface area contributed by atoms with Crippen LogP contribution in [-0.4, -0.2) is 31.5 Å². The second kappa shape index (κ2) is 11.3. The number of hydrogen-bond acceptors (Lipinski definition) is 5. The van der Waals surface area contributed by atoms with Gasteiger partial charge in [0.05, 0.1) is 22.3 Å². The molecule has 0 radical (unpaired) electrons. The summed E-state index contributed by atoms with van der Waals surface area (Å²) >= 11 is 0. The fraction of sp³-hybridized carbons (Fsp3) is 0.333. The summed E-state index contributed by atoms with van der Waals surface area (Å²) < 4.78 is 24.0. The van der Waals surface area contributed by atoms with Crippen molar-refractivity contribution in [1.29, 1.82) is 5.26 Å². The lowest BCUT2D eigenvalue weighted by Gasteiger charge is -2.37. The van der Waals surface area contributed by atoms with Gasteiger partial charge in [0.25, 0.3) is 5.91 Å². The third-order valence-corrected chi connectivity index (χ3v) is 8.81. The number of carbonyl (C=O) groups is 1. The third kappa shape index (κ3) is 6.27. The Morgan fingerprint density at radius 1 is 1.05 bits per heavy atom. The lowest BCUT2D eigenvalue weighted by Crippen LogP contribution is -2.35. The van der Waals surface area contributed by atoms with E-state index in [4.69, 9.17) is 5.26 Å². The van der Waals surface area contributed by atoms with Crippen molar-refractivity contribution in [2.75, 3.05) is 12.3 Å². The highest BCUT2D eigenvalue weighted by atomic mass is 32.2. The van der Waals surface area contributed by atoms with Crippen LogP contribution in [0.4, 0.5) is 0 Å². The molecule has 1 N–H and O–H groups in total. The van der Waals surface area contributed by atoms with Crippen LogP contribution in [0.5, 0.6) is 0 Å². The Balaban J connectivity index is 1.46. The zero-order valence-corrected chi connectivity index (χ0v) is 22.4. The van der Waals surface area contributed by atoms with Gasteiger partial charge in [-0.2, -0.15) is 5.26 Å². The Bertz CT molecular complexity index is 1410. The molecule has 3 aromatic rings. The second-order valence-corrected chi connectivity index (χ2v) is 12.3. The number of nitrogens with zero attached hydrogens (tertiary/aromatic N) is 2. The first-order valence-corrected chi connectivity index (χ1v) is 14.3. The summed E-state index contributed by atoms with van der Waals surface area (Å²) in [5.41, 5.74) is 5.75. The predicted octanol–water partition coefficient (Wildman–Crippen LogP) is 5.04. The molecule has 1 amide bonds. The maximum absolute atomic E-state index is 13.0. The molecule has 1 aliphatic heterocycles. The van der Waals surface area contributed by atoms with E-state index in [2.05, 4.69) is 36.2 Å². The van der Waals surface area contributed by atoms with Crippen molar-refractivity contribution in [3.63, 3.8) is 0 Å². The van der Waals surface area contributed by atoms with Crippen LogP contribution in [0.3, 0.4) is 0 Å². The number of nitriles is 1. The highest BCUT2D eigenvalue weighted by molar-refractivity contribution is 7.91. The zero-order chi connectivity index (χ0) is 26.6. The molecule has 0 aliphatic carbocycles. The molecule has 0 fully saturated rings. The van der Waals surface area contributed by atoms with E-state index in [1.165, 1.54) is 11.1 Å². The summed E-state index contributed by atoms with van der Waals surface area (Å²) in [4.78, 5) is 15.7. The quantitative estimate of drug-likeness (QED) is 0.454. The summed E-state index contributed by atoms with van der Waals surface area (Å²) in [6.07, 6.45) is 0. The van der Waals surface area contributed by atoms with Gasteiger partial charge in [0.2, 0.25) is 0 Å². The molecular formula is C30H33N3O3S. The summed E-state index contributed by atoms with van der Waals surface area (Å²) in [6, 6.07) is 22.5. The molecule has 37 heavy (non-hydrogen) atoms. The van der Waals surface area contributed by atoms with Crippen LogP contribution in [0.15, 0.2) is 71.6 Å². The van der Waals surface area contributed by atoms with Gasteiger partial charge >= 0.3 is 0 Å². The smallest absolute Gasteiger partial charge is 0.251 e. The van der Waals surface area contributed by atoms with Crippen LogP contribution in [0.2, 0.25) is 0 Å². The van der Waals surface area contributed by atoms with E-state index < -0.39 is 9.84 Å². The number of amides is 1. The summed E-state index contributed by atoms with van der Waals surface area (Å²) in [5.74, 6) is 0.737. The number of fused-ring (bicyclic) bond motifs is 1. The summed E-state index contributed by atoms with van der Waals surface area (Å²) in [6.45, 7) is 8.90. The molecule has 3 aromatic carbocycles. The van der Waals surface area contributed by atoms with E-state index in [0.717, 1.165) is 30.8 Å². The third-order valence-electron chi connectivity index (χ3n) is 7.06. The second-order valence-electron chi connectivity index (χ2n) is 9.97. The fourth-order valence-electron chi connectivity index (χ4n) is 4.83. The number of sulfone groups is 1. The van der Waals surface area contributed by atoms with Crippen LogP contribution in [0.25, 0.3) is 0 Å². The average Bonchev–Trinajstić information content (AvgIpc) is 2.91. The van der Waals surface area contributed by atoms with E-state index in [1.54, 1.807) is 31.2 Å². The number of benzene rings is 3. The first-order chi connectivity index (χ1) is 17.7. The van der Waals surface area contributed by atoms with E-state index in [0.29, 0.717) is 34.4 Å². The molecule has 1 unspecified atom stereocenters. The Hall–Kier alpha value is -3.47. The molecule has 1 heterocycles.